The molecule has 2 heterocycles. The van der Waals surface area contributed by atoms with E-state index in [0.717, 1.165) is 30.5 Å². The van der Waals surface area contributed by atoms with Crippen molar-refractivity contribution < 1.29 is 8.42 Å². The Kier molecular flexibility index (Phi) is 5.21. The van der Waals surface area contributed by atoms with Gasteiger partial charge in [0.05, 0.1) is 11.8 Å². The minimum Gasteiger partial charge on any atom is -0.321 e. The van der Waals surface area contributed by atoms with Crippen LogP contribution in [-0.2, 0) is 16.4 Å². The molecule has 2 aromatic heterocycles. The van der Waals surface area contributed by atoms with Crippen LogP contribution in [0.15, 0.2) is 35.1 Å². The minimum absolute atomic E-state index is 0.00413. The number of aromatic nitrogens is 2. The highest BCUT2D eigenvalue weighted by atomic mass is 32.2. The average Bonchev–Trinajstić information content (AvgIpc) is 2.60. The van der Waals surface area contributed by atoms with Crippen molar-refractivity contribution in [1.82, 2.24) is 9.97 Å². The molecule has 0 atom stereocenters. The van der Waals surface area contributed by atoms with Crippen molar-refractivity contribution in [2.24, 2.45) is 0 Å². The zero-order chi connectivity index (χ0) is 20.5. The number of hydrogen-bond donors (Lipinski definition) is 2. The summed E-state index contributed by atoms with van der Waals surface area (Å²) in [7, 11) is -3.39. The van der Waals surface area contributed by atoms with Crippen LogP contribution in [-0.4, -0.2) is 24.6 Å². The number of hydrogen-bond acceptors (Lipinski definition) is 5. The number of anilines is 1. The molecule has 0 aliphatic heterocycles. The number of benzene rings is 1. The lowest BCUT2D eigenvalue weighted by molar-refractivity contribution is 0.607. The van der Waals surface area contributed by atoms with Crippen molar-refractivity contribution in [3.05, 3.63) is 57.6 Å². The molecular formula is C20H20N4O3S. The summed E-state index contributed by atoms with van der Waals surface area (Å²) in [5.74, 6) is 0. The molecule has 3 rings (SSSR count). The van der Waals surface area contributed by atoms with Crippen LogP contribution in [0.4, 0.5) is 5.69 Å². The molecule has 0 radical (unpaired) electrons. The molecule has 7 nitrogen and oxygen atoms in total. The van der Waals surface area contributed by atoms with E-state index in [4.69, 9.17) is 0 Å². The molecule has 2 N–H and O–H groups in total. The first-order valence-electron chi connectivity index (χ1n) is 8.78. The highest BCUT2D eigenvalue weighted by Crippen LogP contribution is 2.32. The van der Waals surface area contributed by atoms with Gasteiger partial charge in [-0.1, -0.05) is 25.5 Å². The Morgan fingerprint density at radius 2 is 1.93 bits per heavy atom. The number of nitrogens with zero attached hydrogens (tertiary/aromatic N) is 2. The molecular weight excluding hydrogens is 376 g/mol. The van der Waals surface area contributed by atoms with E-state index in [-0.39, 0.29) is 5.56 Å². The fourth-order valence-electron chi connectivity index (χ4n) is 3.27. The maximum absolute atomic E-state index is 12.5. The number of aryl methyl sites for hydroxylation is 2. The van der Waals surface area contributed by atoms with Crippen LogP contribution < -0.4 is 10.3 Å². The summed E-state index contributed by atoms with van der Waals surface area (Å²) in [6.07, 6.45) is 2.79. The zero-order valence-electron chi connectivity index (χ0n) is 15.8. The minimum atomic E-state index is -3.39. The largest absolute Gasteiger partial charge is 0.321 e. The monoisotopic (exact) mass is 396 g/mol. The molecule has 0 fully saturated rings. The van der Waals surface area contributed by atoms with E-state index in [9.17, 15) is 18.5 Å². The fourth-order valence-corrected chi connectivity index (χ4v) is 3.84. The van der Waals surface area contributed by atoms with Gasteiger partial charge in [-0.15, -0.1) is 0 Å². The third kappa shape index (κ3) is 3.89. The van der Waals surface area contributed by atoms with E-state index < -0.39 is 15.6 Å². The Morgan fingerprint density at radius 1 is 1.25 bits per heavy atom. The molecule has 28 heavy (non-hydrogen) atoms. The number of sulfonamides is 1. The average molecular weight is 396 g/mol. The number of H-pyrrole nitrogens is 1. The van der Waals surface area contributed by atoms with Crippen LogP contribution in [0.5, 0.6) is 0 Å². The van der Waals surface area contributed by atoms with Crippen LogP contribution in [0.2, 0.25) is 0 Å². The lowest BCUT2D eigenvalue weighted by atomic mass is 9.95. The van der Waals surface area contributed by atoms with Crippen LogP contribution >= 0.6 is 0 Å². The van der Waals surface area contributed by atoms with E-state index in [2.05, 4.69) is 21.6 Å². The molecule has 0 aliphatic rings. The van der Waals surface area contributed by atoms with E-state index in [1.165, 1.54) is 0 Å². The summed E-state index contributed by atoms with van der Waals surface area (Å²) in [6.45, 7) is 3.91. The molecule has 8 heteroatoms. The van der Waals surface area contributed by atoms with E-state index in [1.54, 1.807) is 24.3 Å². The van der Waals surface area contributed by atoms with Gasteiger partial charge in [0.2, 0.25) is 10.0 Å². The third-order valence-corrected chi connectivity index (χ3v) is 4.93. The second kappa shape index (κ2) is 7.44. The molecule has 0 amide bonds. The van der Waals surface area contributed by atoms with Gasteiger partial charge in [0.15, 0.2) is 0 Å². The standard InChI is InChI=1S/C20H20N4O3S/c1-4-5-15-10-17-18(12(2)22-15)19(16(11-21)20(25)23-17)13-6-8-14(9-7-13)24-28(3,26)27/h6-10,24H,4-5H2,1-3H3,(H,23,25). The van der Waals surface area contributed by atoms with Crippen LogP contribution in [0.25, 0.3) is 22.0 Å². The Hall–Kier alpha value is -3.18. The van der Waals surface area contributed by atoms with Gasteiger partial charge in [0.25, 0.3) is 5.56 Å². The first kappa shape index (κ1) is 19.6. The predicted molar refractivity (Wildman–Crippen MR) is 110 cm³/mol. The predicted octanol–water partition coefficient (Wildman–Crippen LogP) is 3.09. The molecule has 144 valence electrons. The van der Waals surface area contributed by atoms with E-state index >= 15 is 0 Å². The van der Waals surface area contributed by atoms with Gasteiger partial charge < -0.3 is 4.98 Å². The Bertz CT molecular complexity index is 1250. The van der Waals surface area contributed by atoms with Gasteiger partial charge >= 0.3 is 0 Å². The Labute approximate surface area is 163 Å². The molecule has 0 saturated carbocycles. The van der Waals surface area contributed by atoms with Gasteiger partial charge in [-0.3, -0.25) is 14.5 Å². The highest BCUT2D eigenvalue weighted by molar-refractivity contribution is 7.92. The molecule has 3 aromatic rings. The number of pyridine rings is 2. The van der Waals surface area contributed by atoms with Crippen LogP contribution in [0.3, 0.4) is 0 Å². The van der Waals surface area contributed by atoms with Crippen molar-refractivity contribution >= 4 is 26.6 Å². The molecule has 0 bridgehead atoms. The van der Waals surface area contributed by atoms with Crippen LogP contribution in [0.1, 0.15) is 30.3 Å². The summed E-state index contributed by atoms with van der Waals surface area (Å²) >= 11 is 0. The summed E-state index contributed by atoms with van der Waals surface area (Å²) in [6, 6.07) is 10.4. The Morgan fingerprint density at radius 3 is 2.50 bits per heavy atom. The van der Waals surface area contributed by atoms with Gasteiger partial charge in [-0.2, -0.15) is 5.26 Å². The quantitative estimate of drug-likeness (QED) is 0.687. The van der Waals surface area contributed by atoms with Gasteiger partial charge in [-0.05, 0) is 37.1 Å². The lowest BCUT2D eigenvalue weighted by Gasteiger charge is -2.13. The highest BCUT2D eigenvalue weighted by Gasteiger charge is 2.17. The third-order valence-electron chi connectivity index (χ3n) is 4.32. The lowest BCUT2D eigenvalue weighted by Crippen LogP contribution is -2.13. The van der Waals surface area contributed by atoms with Gasteiger partial charge in [0, 0.05) is 28.0 Å². The maximum Gasteiger partial charge on any atom is 0.266 e. The van der Waals surface area contributed by atoms with Crippen molar-refractivity contribution in [2.45, 2.75) is 26.7 Å². The fraction of sp³-hybridized carbons (Fsp3) is 0.250. The zero-order valence-corrected chi connectivity index (χ0v) is 16.6. The number of aromatic amines is 1. The van der Waals surface area contributed by atoms with Crippen LogP contribution in [0, 0.1) is 18.3 Å². The van der Waals surface area contributed by atoms with Crippen molar-refractivity contribution in [1.29, 1.82) is 5.26 Å². The number of fused-ring (bicyclic) bond motifs is 1. The first-order valence-corrected chi connectivity index (χ1v) is 10.7. The molecule has 1 aromatic carbocycles. The summed E-state index contributed by atoms with van der Waals surface area (Å²) in [5.41, 5.74) is 3.32. The molecule has 0 aliphatic carbocycles. The molecule has 0 spiro atoms. The summed E-state index contributed by atoms with van der Waals surface area (Å²) in [5, 5.41) is 10.3. The molecule has 0 unspecified atom stereocenters. The Balaban J connectivity index is 2.27. The summed E-state index contributed by atoms with van der Waals surface area (Å²) in [4.78, 5) is 19.9. The van der Waals surface area contributed by atoms with Crippen molar-refractivity contribution in [3.8, 4) is 17.2 Å². The normalized spacial score (nSPS) is 11.4. The maximum atomic E-state index is 12.5. The first-order chi connectivity index (χ1) is 13.2. The van der Waals surface area contributed by atoms with Crippen molar-refractivity contribution in [2.75, 3.05) is 11.0 Å². The van der Waals surface area contributed by atoms with Gasteiger partial charge in [0.1, 0.15) is 11.6 Å². The summed E-state index contributed by atoms with van der Waals surface area (Å²) < 4.78 is 25.2. The SMILES string of the molecule is CCCc1cc2[nH]c(=O)c(C#N)c(-c3ccc(NS(C)(=O)=O)cc3)c2c(C)n1. The molecule has 0 saturated heterocycles. The number of nitrogens with one attached hydrogen (secondary N) is 2. The van der Waals surface area contributed by atoms with E-state index in [1.807, 2.05) is 19.1 Å². The van der Waals surface area contributed by atoms with Gasteiger partial charge in [-0.25, -0.2) is 8.42 Å². The number of nitriles is 1. The smallest absolute Gasteiger partial charge is 0.266 e. The second-order valence-corrected chi connectivity index (χ2v) is 8.39. The topological polar surface area (TPSA) is 116 Å². The van der Waals surface area contributed by atoms with E-state index in [0.29, 0.717) is 27.7 Å². The second-order valence-electron chi connectivity index (χ2n) is 6.64. The number of rotatable bonds is 5. The van der Waals surface area contributed by atoms with Crippen molar-refractivity contribution in [3.63, 3.8) is 0 Å².